The summed E-state index contributed by atoms with van der Waals surface area (Å²) in [4.78, 5) is 25.4. The first-order chi connectivity index (χ1) is 16.0. The summed E-state index contributed by atoms with van der Waals surface area (Å²) in [7, 11) is 0. The Labute approximate surface area is 190 Å². The maximum Gasteiger partial charge on any atom is 0.322 e. The van der Waals surface area contributed by atoms with Crippen molar-refractivity contribution in [3.8, 4) is 11.6 Å². The highest BCUT2D eigenvalue weighted by molar-refractivity contribution is 6.07. The number of aryl methyl sites for hydroxylation is 1. The number of rotatable bonds is 6. The third-order valence-corrected chi connectivity index (χ3v) is 5.95. The summed E-state index contributed by atoms with van der Waals surface area (Å²) in [5.74, 6) is 0.00653. The molecule has 1 aromatic heterocycles. The Bertz CT molecular complexity index is 1360. The van der Waals surface area contributed by atoms with Gasteiger partial charge in [0.2, 0.25) is 0 Å². The van der Waals surface area contributed by atoms with E-state index < -0.39 is 17.5 Å². The van der Waals surface area contributed by atoms with E-state index in [1.807, 2.05) is 61.5 Å². The molecule has 1 aliphatic heterocycles. The van der Waals surface area contributed by atoms with Crippen LogP contribution in [0.3, 0.4) is 0 Å². The molecule has 0 aliphatic carbocycles. The van der Waals surface area contributed by atoms with Crippen molar-refractivity contribution in [2.75, 3.05) is 0 Å². The Hall–Kier alpha value is -4.26. The SMILES string of the molecule is Cc1ccc2cn(CC3(c4ccccc4OCc4ccccc4)NC(=O)NC3=O)c(O)c2c1. The fraction of sp³-hybridized carbons (Fsp3) is 0.154. The second kappa shape index (κ2) is 8.02. The van der Waals surface area contributed by atoms with Crippen LogP contribution in [0, 0.1) is 6.92 Å². The van der Waals surface area contributed by atoms with Gasteiger partial charge in [0.25, 0.3) is 5.91 Å². The first-order valence-corrected chi connectivity index (χ1v) is 10.6. The zero-order valence-electron chi connectivity index (χ0n) is 18.0. The molecule has 3 N–H and O–H groups in total. The highest BCUT2D eigenvalue weighted by atomic mass is 16.5. The van der Waals surface area contributed by atoms with E-state index in [4.69, 9.17) is 4.74 Å². The highest BCUT2D eigenvalue weighted by Gasteiger charge is 2.50. The molecule has 7 nitrogen and oxygen atoms in total. The number of imide groups is 1. The summed E-state index contributed by atoms with van der Waals surface area (Å²) in [6.07, 6.45) is 1.77. The van der Waals surface area contributed by atoms with Gasteiger partial charge in [0.05, 0.1) is 6.54 Å². The molecule has 1 atom stereocenters. The van der Waals surface area contributed by atoms with Crippen molar-refractivity contribution in [1.29, 1.82) is 0 Å². The van der Waals surface area contributed by atoms with Crippen LogP contribution in [0.25, 0.3) is 10.8 Å². The summed E-state index contributed by atoms with van der Waals surface area (Å²) in [5.41, 5.74) is 1.05. The molecule has 1 unspecified atom stereocenters. The van der Waals surface area contributed by atoms with Gasteiger partial charge in [0.15, 0.2) is 11.4 Å². The molecule has 33 heavy (non-hydrogen) atoms. The zero-order chi connectivity index (χ0) is 23.0. The van der Waals surface area contributed by atoms with E-state index in [1.54, 1.807) is 29.0 Å². The number of hydrogen-bond acceptors (Lipinski definition) is 4. The largest absolute Gasteiger partial charge is 0.494 e. The van der Waals surface area contributed by atoms with Gasteiger partial charge in [0, 0.05) is 22.5 Å². The fourth-order valence-electron chi connectivity index (χ4n) is 4.29. The average molecular weight is 441 g/mol. The van der Waals surface area contributed by atoms with Gasteiger partial charge in [-0.2, -0.15) is 0 Å². The average Bonchev–Trinajstić information content (AvgIpc) is 3.28. The molecule has 1 fully saturated rings. The lowest BCUT2D eigenvalue weighted by molar-refractivity contribution is -0.124. The monoisotopic (exact) mass is 441 g/mol. The quantitative estimate of drug-likeness (QED) is 0.395. The number of hydrogen-bond donors (Lipinski definition) is 3. The van der Waals surface area contributed by atoms with Crippen LogP contribution in [-0.4, -0.2) is 21.6 Å². The van der Waals surface area contributed by atoms with Crippen LogP contribution in [-0.2, 0) is 23.5 Å². The summed E-state index contributed by atoms with van der Waals surface area (Å²) >= 11 is 0. The van der Waals surface area contributed by atoms with Gasteiger partial charge in [-0.3, -0.25) is 10.1 Å². The van der Waals surface area contributed by atoms with Crippen LogP contribution < -0.4 is 15.4 Å². The minimum atomic E-state index is -1.45. The van der Waals surface area contributed by atoms with Gasteiger partial charge in [-0.15, -0.1) is 0 Å². The third-order valence-electron chi connectivity index (χ3n) is 5.95. The van der Waals surface area contributed by atoms with Crippen molar-refractivity contribution in [2.24, 2.45) is 0 Å². The van der Waals surface area contributed by atoms with Crippen molar-refractivity contribution >= 4 is 22.7 Å². The lowest BCUT2D eigenvalue weighted by Gasteiger charge is -2.29. The predicted octanol–water partition coefficient (Wildman–Crippen LogP) is 3.97. The van der Waals surface area contributed by atoms with Crippen LogP contribution in [0.1, 0.15) is 16.7 Å². The molecule has 0 bridgehead atoms. The maximum atomic E-state index is 13.2. The number of nitrogens with one attached hydrogen (secondary N) is 2. The molecule has 1 aliphatic rings. The van der Waals surface area contributed by atoms with Crippen LogP contribution in [0.2, 0.25) is 0 Å². The Morgan fingerprint density at radius 2 is 1.76 bits per heavy atom. The van der Waals surface area contributed by atoms with Crippen molar-refractivity contribution in [3.05, 3.63) is 95.7 Å². The number of aromatic nitrogens is 1. The molecular weight excluding hydrogens is 418 g/mol. The van der Waals surface area contributed by atoms with Crippen molar-refractivity contribution in [1.82, 2.24) is 15.2 Å². The van der Waals surface area contributed by atoms with Crippen molar-refractivity contribution in [2.45, 2.75) is 25.6 Å². The zero-order valence-corrected chi connectivity index (χ0v) is 18.0. The van der Waals surface area contributed by atoms with Crippen LogP contribution in [0.5, 0.6) is 11.6 Å². The second-order valence-electron chi connectivity index (χ2n) is 8.26. The van der Waals surface area contributed by atoms with Gasteiger partial charge in [0.1, 0.15) is 12.4 Å². The summed E-state index contributed by atoms with van der Waals surface area (Å²) < 4.78 is 7.67. The molecule has 3 aromatic carbocycles. The number of amides is 3. The molecule has 0 radical (unpaired) electrons. The van der Waals surface area contributed by atoms with E-state index in [1.165, 1.54) is 0 Å². The smallest absolute Gasteiger partial charge is 0.322 e. The molecule has 0 spiro atoms. The summed E-state index contributed by atoms with van der Waals surface area (Å²) in [6.45, 7) is 2.25. The fourth-order valence-corrected chi connectivity index (χ4v) is 4.29. The molecule has 4 aromatic rings. The minimum absolute atomic E-state index is 0.00412. The molecule has 1 saturated heterocycles. The van der Waals surface area contributed by atoms with E-state index in [2.05, 4.69) is 10.6 Å². The lowest BCUT2D eigenvalue weighted by atomic mass is 9.88. The van der Waals surface area contributed by atoms with Gasteiger partial charge in [-0.05, 0) is 24.6 Å². The first-order valence-electron chi connectivity index (χ1n) is 10.6. The van der Waals surface area contributed by atoms with E-state index in [9.17, 15) is 14.7 Å². The number of urea groups is 1. The summed E-state index contributed by atoms with van der Waals surface area (Å²) in [5, 5.41) is 17.6. The first kappa shape index (κ1) is 20.6. The van der Waals surface area contributed by atoms with Gasteiger partial charge >= 0.3 is 6.03 Å². The normalized spacial score (nSPS) is 17.7. The predicted molar refractivity (Wildman–Crippen MR) is 124 cm³/mol. The number of ether oxygens (including phenoxy) is 1. The summed E-state index contributed by atoms with van der Waals surface area (Å²) in [6, 6.07) is 22.0. The number of nitrogens with zero attached hydrogens (tertiary/aromatic N) is 1. The lowest BCUT2D eigenvalue weighted by Crippen LogP contribution is -2.47. The number of carbonyl (C=O) groups is 2. The Balaban J connectivity index is 1.56. The molecular formula is C26H23N3O4. The number of para-hydroxylation sites is 1. The highest BCUT2D eigenvalue weighted by Crippen LogP contribution is 2.37. The van der Waals surface area contributed by atoms with Crippen molar-refractivity contribution < 1.29 is 19.4 Å². The minimum Gasteiger partial charge on any atom is -0.494 e. The number of benzene rings is 3. The topological polar surface area (TPSA) is 92.6 Å². The molecule has 3 amide bonds. The Kier molecular flexibility index (Phi) is 5.01. The standard InChI is InChI=1S/C26H23N3O4/c1-17-11-12-19-14-29(23(30)20(19)13-17)16-26(24(31)27-25(32)28-26)21-9-5-6-10-22(21)33-15-18-7-3-2-4-8-18/h2-14,30H,15-16H2,1H3,(H2,27,28,31,32). The number of carbonyl (C=O) groups excluding carboxylic acids is 2. The molecule has 166 valence electrons. The molecule has 5 rings (SSSR count). The van der Waals surface area contributed by atoms with Gasteiger partial charge in [-0.1, -0.05) is 66.2 Å². The molecule has 7 heteroatoms. The maximum absolute atomic E-state index is 13.2. The third kappa shape index (κ3) is 3.67. The van der Waals surface area contributed by atoms with Gasteiger partial charge in [-0.25, -0.2) is 4.79 Å². The second-order valence-corrected chi connectivity index (χ2v) is 8.26. The van der Waals surface area contributed by atoms with E-state index >= 15 is 0 Å². The van der Waals surface area contributed by atoms with Gasteiger partial charge < -0.3 is 19.7 Å². The van der Waals surface area contributed by atoms with Crippen molar-refractivity contribution in [3.63, 3.8) is 0 Å². The van der Waals surface area contributed by atoms with E-state index in [-0.39, 0.29) is 12.4 Å². The molecule has 2 heterocycles. The van der Waals surface area contributed by atoms with Crippen LogP contribution in [0.15, 0.2) is 79.0 Å². The van der Waals surface area contributed by atoms with Crippen LogP contribution >= 0.6 is 0 Å². The van der Waals surface area contributed by atoms with Crippen LogP contribution in [0.4, 0.5) is 4.79 Å². The number of fused-ring (bicyclic) bond motifs is 1. The van der Waals surface area contributed by atoms with E-state index in [0.29, 0.717) is 23.3 Å². The molecule has 0 saturated carbocycles. The van der Waals surface area contributed by atoms with E-state index in [0.717, 1.165) is 16.5 Å². The number of aromatic hydroxyl groups is 1. The Morgan fingerprint density at radius 1 is 1.00 bits per heavy atom. The Morgan fingerprint density at radius 3 is 2.52 bits per heavy atom.